The van der Waals surface area contributed by atoms with E-state index in [2.05, 4.69) is 11.9 Å². The first-order valence-electron chi connectivity index (χ1n) is 6.98. The second kappa shape index (κ2) is 9.11. The van der Waals surface area contributed by atoms with Crippen LogP contribution < -0.4 is 5.32 Å². The summed E-state index contributed by atoms with van der Waals surface area (Å²) in [5, 5.41) is 3.54. The summed E-state index contributed by atoms with van der Waals surface area (Å²) < 4.78 is 14.0. The molecule has 0 aliphatic carbocycles. The lowest BCUT2D eigenvalue weighted by Crippen LogP contribution is -2.22. The number of hydrogen-bond acceptors (Lipinski definition) is 1. The van der Waals surface area contributed by atoms with E-state index in [0.29, 0.717) is 5.56 Å². The van der Waals surface area contributed by atoms with Gasteiger partial charge in [0.25, 0.3) is 0 Å². The first-order valence-corrected chi connectivity index (χ1v) is 7.36. The van der Waals surface area contributed by atoms with E-state index < -0.39 is 0 Å². The zero-order valence-electron chi connectivity index (χ0n) is 11.6. The van der Waals surface area contributed by atoms with Crippen LogP contribution in [0.25, 0.3) is 0 Å². The van der Waals surface area contributed by atoms with Gasteiger partial charge in [-0.25, -0.2) is 4.39 Å². The molecule has 1 aromatic carbocycles. The molecule has 0 saturated heterocycles. The molecule has 0 radical (unpaired) electrons. The molecule has 0 aromatic heterocycles. The lowest BCUT2D eigenvalue weighted by molar-refractivity contribution is 0.462. The van der Waals surface area contributed by atoms with Crippen molar-refractivity contribution in [3.8, 4) is 0 Å². The molecule has 0 bridgehead atoms. The highest BCUT2D eigenvalue weighted by Gasteiger charge is 2.16. The minimum absolute atomic E-state index is 0.0485. The third-order valence-electron chi connectivity index (χ3n) is 3.21. The number of rotatable bonds is 9. The molecular weight excluding hydrogens is 261 g/mol. The van der Waals surface area contributed by atoms with Crippen LogP contribution in [0, 0.1) is 5.82 Å². The van der Waals surface area contributed by atoms with Gasteiger partial charge in [-0.1, -0.05) is 49.6 Å². The molecule has 0 aliphatic heterocycles. The van der Waals surface area contributed by atoms with E-state index in [9.17, 15) is 4.39 Å². The van der Waals surface area contributed by atoms with E-state index in [1.165, 1.54) is 0 Å². The second-order valence-corrected chi connectivity index (χ2v) is 5.09. The summed E-state index contributed by atoms with van der Waals surface area (Å²) in [6.45, 7) is 6.57. The molecule has 0 heterocycles. The molecule has 1 N–H and O–H groups in total. The van der Waals surface area contributed by atoms with Crippen molar-refractivity contribution in [1.29, 1.82) is 0 Å². The van der Waals surface area contributed by atoms with Crippen molar-refractivity contribution in [3.63, 3.8) is 0 Å². The number of benzene rings is 1. The number of hydrogen-bond donors (Lipinski definition) is 1. The van der Waals surface area contributed by atoms with Gasteiger partial charge in [0.1, 0.15) is 5.82 Å². The molecule has 1 atom stereocenters. The molecule has 0 aliphatic rings. The fourth-order valence-corrected chi connectivity index (χ4v) is 2.40. The summed E-state index contributed by atoms with van der Waals surface area (Å²) in [5.74, 6) is -0.291. The van der Waals surface area contributed by atoms with Gasteiger partial charge in [0.05, 0.1) is 5.02 Å². The molecule has 1 unspecified atom stereocenters. The fraction of sp³-hybridized carbons (Fsp3) is 0.500. The van der Waals surface area contributed by atoms with E-state index in [1.807, 2.05) is 25.1 Å². The van der Waals surface area contributed by atoms with Crippen LogP contribution in [0.4, 0.5) is 4.39 Å². The Labute approximate surface area is 120 Å². The van der Waals surface area contributed by atoms with Crippen molar-refractivity contribution in [2.24, 2.45) is 0 Å². The highest BCUT2D eigenvalue weighted by molar-refractivity contribution is 6.30. The fourth-order valence-electron chi connectivity index (χ4n) is 2.22. The maximum absolute atomic E-state index is 14.0. The summed E-state index contributed by atoms with van der Waals surface area (Å²) >= 11 is 5.85. The minimum atomic E-state index is -0.291. The molecule has 19 heavy (non-hydrogen) atoms. The van der Waals surface area contributed by atoms with Gasteiger partial charge >= 0.3 is 0 Å². The summed E-state index contributed by atoms with van der Waals surface area (Å²) in [6, 6.07) is 5.27. The summed E-state index contributed by atoms with van der Waals surface area (Å²) in [7, 11) is 0. The second-order valence-electron chi connectivity index (χ2n) is 4.68. The Morgan fingerprint density at radius 3 is 2.84 bits per heavy atom. The third-order valence-corrected chi connectivity index (χ3v) is 3.50. The Bertz CT molecular complexity index is 392. The topological polar surface area (TPSA) is 12.0 Å². The molecule has 106 valence electrons. The van der Waals surface area contributed by atoms with Crippen LogP contribution in [-0.2, 0) is 0 Å². The summed E-state index contributed by atoms with van der Waals surface area (Å²) in [4.78, 5) is 0. The number of unbranched alkanes of at least 4 members (excludes halogenated alkanes) is 3. The minimum Gasteiger partial charge on any atom is -0.310 e. The molecule has 0 amide bonds. The van der Waals surface area contributed by atoms with Crippen LogP contribution in [0.15, 0.2) is 30.9 Å². The van der Waals surface area contributed by atoms with Crippen LogP contribution in [0.1, 0.15) is 50.6 Å². The van der Waals surface area contributed by atoms with Crippen molar-refractivity contribution >= 4 is 11.6 Å². The summed E-state index contributed by atoms with van der Waals surface area (Å²) in [5.41, 5.74) is 0.679. The number of allylic oxidation sites excluding steroid dienone is 1. The average molecular weight is 284 g/mol. The van der Waals surface area contributed by atoms with E-state index in [0.717, 1.165) is 38.6 Å². The predicted molar refractivity (Wildman–Crippen MR) is 81.1 cm³/mol. The van der Waals surface area contributed by atoms with Crippen LogP contribution >= 0.6 is 11.6 Å². The van der Waals surface area contributed by atoms with Crippen molar-refractivity contribution in [3.05, 3.63) is 47.3 Å². The van der Waals surface area contributed by atoms with Crippen molar-refractivity contribution in [2.75, 3.05) is 6.54 Å². The zero-order valence-corrected chi connectivity index (χ0v) is 12.3. The van der Waals surface area contributed by atoms with Crippen molar-refractivity contribution < 1.29 is 4.39 Å². The van der Waals surface area contributed by atoms with Gasteiger partial charge in [-0.05, 0) is 31.9 Å². The number of halogens is 2. The van der Waals surface area contributed by atoms with E-state index >= 15 is 0 Å². The Hall–Kier alpha value is -0.860. The maximum atomic E-state index is 14.0. The Morgan fingerprint density at radius 1 is 1.37 bits per heavy atom. The molecule has 0 saturated carbocycles. The summed E-state index contributed by atoms with van der Waals surface area (Å²) in [6.07, 6.45) is 7.31. The molecule has 0 fully saturated rings. The molecule has 0 spiro atoms. The van der Waals surface area contributed by atoms with Crippen LogP contribution in [-0.4, -0.2) is 6.54 Å². The highest BCUT2D eigenvalue weighted by Crippen LogP contribution is 2.26. The standard InChI is InChI=1S/C16H23ClFN/c1-3-5-6-7-8-12-15(19-4-2)13-10-9-11-14(17)16(13)18/h3,9-11,15,19H,1,4-8,12H2,2H3. The normalized spacial score (nSPS) is 12.4. The molecule has 3 heteroatoms. The van der Waals surface area contributed by atoms with E-state index in [-0.39, 0.29) is 16.9 Å². The van der Waals surface area contributed by atoms with E-state index in [4.69, 9.17) is 11.6 Å². The maximum Gasteiger partial charge on any atom is 0.146 e. The SMILES string of the molecule is C=CCCCCCC(NCC)c1cccc(Cl)c1F. The van der Waals surface area contributed by atoms with Gasteiger partial charge in [0, 0.05) is 11.6 Å². The van der Waals surface area contributed by atoms with Gasteiger partial charge < -0.3 is 5.32 Å². The quantitative estimate of drug-likeness (QED) is 0.481. The van der Waals surface area contributed by atoms with Crippen LogP contribution in [0.2, 0.25) is 5.02 Å². The third kappa shape index (κ3) is 5.33. The van der Waals surface area contributed by atoms with Gasteiger partial charge in [-0.2, -0.15) is 0 Å². The van der Waals surface area contributed by atoms with Gasteiger partial charge in [-0.3, -0.25) is 0 Å². The monoisotopic (exact) mass is 283 g/mol. The van der Waals surface area contributed by atoms with E-state index in [1.54, 1.807) is 6.07 Å². The first kappa shape index (κ1) is 16.2. The predicted octanol–water partition coefficient (Wildman–Crippen LogP) is 5.27. The Balaban J connectivity index is 2.60. The Kier molecular flexibility index (Phi) is 7.76. The number of nitrogens with one attached hydrogen (secondary N) is 1. The molecular formula is C16H23ClFN. The zero-order chi connectivity index (χ0) is 14.1. The average Bonchev–Trinajstić information content (AvgIpc) is 2.41. The Morgan fingerprint density at radius 2 is 2.16 bits per heavy atom. The molecule has 1 rings (SSSR count). The van der Waals surface area contributed by atoms with Crippen molar-refractivity contribution in [2.45, 2.75) is 45.1 Å². The first-order chi connectivity index (χ1) is 9.20. The lowest BCUT2D eigenvalue weighted by Gasteiger charge is -2.19. The van der Waals surface area contributed by atoms with Gasteiger partial charge in [0.2, 0.25) is 0 Å². The highest BCUT2D eigenvalue weighted by atomic mass is 35.5. The molecule has 1 nitrogen and oxygen atoms in total. The van der Waals surface area contributed by atoms with Crippen LogP contribution in [0.5, 0.6) is 0 Å². The molecule has 1 aromatic rings. The van der Waals surface area contributed by atoms with Gasteiger partial charge in [0.15, 0.2) is 0 Å². The van der Waals surface area contributed by atoms with Crippen molar-refractivity contribution in [1.82, 2.24) is 5.32 Å². The van der Waals surface area contributed by atoms with Crippen LogP contribution in [0.3, 0.4) is 0 Å². The lowest BCUT2D eigenvalue weighted by atomic mass is 9.99. The smallest absolute Gasteiger partial charge is 0.146 e. The largest absolute Gasteiger partial charge is 0.310 e. The van der Waals surface area contributed by atoms with Gasteiger partial charge in [-0.15, -0.1) is 6.58 Å².